The minimum atomic E-state index is -1.05. The van der Waals surface area contributed by atoms with Gasteiger partial charge in [0.15, 0.2) is 0 Å². The molecule has 1 aliphatic heterocycles. The van der Waals surface area contributed by atoms with Gasteiger partial charge in [0.1, 0.15) is 24.4 Å². The highest BCUT2D eigenvalue weighted by Crippen LogP contribution is 2.24. The first kappa shape index (κ1) is 19.0. The molecule has 1 rings (SSSR count). The molecule has 0 aliphatic carbocycles. The summed E-state index contributed by atoms with van der Waals surface area (Å²) in [6, 6.07) is 0. The summed E-state index contributed by atoms with van der Waals surface area (Å²) in [4.78, 5) is 32.6. The van der Waals surface area contributed by atoms with Gasteiger partial charge >= 0.3 is 12.1 Å². The van der Waals surface area contributed by atoms with E-state index in [-0.39, 0.29) is 25.6 Å². The molecule has 1 unspecified atom stereocenters. The number of ether oxygens (including phenoxy) is 3. The molecule has 1 saturated heterocycles. The van der Waals surface area contributed by atoms with Crippen molar-refractivity contribution in [2.75, 3.05) is 31.6 Å². The van der Waals surface area contributed by atoms with E-state index < -0.39 is 23.4 Å². The second-order valence-corrected chi connectivity index (χ2v) is 5.49. The van der Waals surface area contributed by atoms with Crippen LogP contribution in [-0.2, 0) is 23.8 Å². The van der Waals surface area contributed by atoms with Crippen molar-refractivity contribution in [2.24, 2.45) is 5.41 Å². The van der Waals surface area contributed by atoms with Gasteiger partial charge < -0.3 is 14.2 Å². The number of carbonyl (C=O) groups excluding carboxylic acids is 3. The Morgan fingerprint density at radius 1 is 1.36 bits per heavy atom. The van der Waals surface area contributed by atoms with Crippen molar-refractivity contribution < 1.29 is 30.0 Å². The minimum Gasteiger partial charge on any atom is -0.465 e. The first-order valence-corrected chi connectivity index (χ1v) is 7.85. The molecule has 0 bridgehead atoms. The normalized spacial score (nSPS) is 17.8. The largest absolute Gasteiger partial charge is 0.508 e. The number of hydrogen-bond donors (Lipinski definition) is 0. The monoisotopic (exact) mass is 358 g/mol. The van der Waals surface area contributed by atoms with Crippen molar-refractivity contribution in [3.05, 3.63) is 0 Å². The molecule has 0 aromatic rings. The van der Waals surface area contributed by atoms with Crippen molar-refractivity contribution in [1.82, 2.24) is 0 Å². The Morgan fingerprint density at radius 2 is 1.95 bits per heavy atom. The molecule has 22 heavy (non-hydrogen) atoms. The van der Waals surface area contributed by atoms with Crippen LogP contribution in [0.2, 0.25) is 0 Å². The van der Waals surface area contributed by atoms with E-state index in [0.717, 1.165) is 6.42 Å². The average molecular weight is 359 g/mol. The number of alkyl halides is 2. The zero-order valence-corrected chi connectivity index (χ0v) is 14.2. The first-order valence-electron chi connectivity index (χ1n) is 7.46. The highest BCUT2D eigenvalue weighted by molar-refractivity contribution is 6.27. The second-order valence-electron chi connectivity index (χ2n) is 4.89. The van der Waals surface area contributed by atoms with Gasteiger partial charge in [0.2, 0.25) is 0 Å². The summed E-state index contributed by atoms with van der Waals surface area (Å²) in [5.74, 6) is -1.22. The van der Waals surface area contributed by atoms with Crippen LogP contribution in [0.25, 0.3) is 0 Å². The Morgan fingerprint density at radius 3 is 2.36 bits per heavy atom. The van der Waals surface area contributed by atoms with E-state index in [4.69, 9.17) is 29.3 Å². The number of halogens is 2. The minimum absolute atomic E-state index is 0.00839. The van der Waals surface area contributed by atoms with Crippen molar-refractivity contribution in [3.8, 4) is 0 Å². The molecule has 0 aromatic carbocycles. The molecule has 0 aromatic heterocycles. The third-order valence-corrected chi connectivity index (χ3v) is 3.15. The van der Waals surface area contributed by atoms with Gasteiger partial charge in [-0.25, -0.2) is 4.79 Å². The molecule has 0 saturated carbocycles. The average Bonchev–Trinajstić information content (AvgIpc) is 2.51. The van der Waals surface area contributed by atoms with Gasteiger partial charge in [-0.1, -0.05) is 6.92 Å². The smallest absolute Gasteiger partial charge is 0.465 e. The van der Waals surface area contributed by atoms with Crippen molar-refractivity contribution in [3.63, 3.8) is 0 Å². The number of hydrogen-bond acceptors (Lipinski definition) is 6. The maximum absolute atomic E-state index is 11.6. The topological polar surface area (TPSA) is 78.9 Å². The van der Waals surface area contributed by atoms with Gasteiger partial charge in [0.05, 0.1) is 13.8 Å². The summed E-state index contributed by atoms with van der Waals surface area (Å²) in [7, 11) is 0. The Kier molecular flexibility index (Phi) is 9.99. The zero-order chi connectivity index (χ0) is 17.9. The van der Waals surface area contributed by atoms with Crippen LogP contribution in [0, 0.1) is 5.41 Å². The van der Waals surface area contributed by atoms with Gasteiger partial charge in [-0.2, -0.15) is 0 Å². The third-order valence-electron chi connectivity index (χ3n) is 2.64. The van der Waals surface area contributed by atoms with Crippen LogP contribution in [0.5, 0.6) is 0 Å². The van der Waals surface area contributed by atoms with Crippen molar-refractivity contribution in [1.29, 1.82) is 0 Å². The lowest BCUT2D eigenvalue weighted by Gasteiger charge is -2.29. The molecule has 6 nitrogen and oxygen atoms in total. The summed E-state index contributed by atoms with van der Waals surface area (Å²) >= 11 is 10.6. The number of rotatable bonds is 7. The van der Waals surface area contributed by atoms with E-state index >= 15 is 0 Å². The number of esters is 1. The highest BCUT2D eigenvalue weighted by Gasteiger charge is 2.41. The lowest BCUT2D eigenvalue weighted by Crippen LogP contribution is -2.44. The Hall–Kier alpha value is -1.01. The van der Waals surface area contributed by atoms with Crippen molar-refractivity contribution >= 4 is 41.1 Å². The zero-order valence-electron chi connectivity index (χ0n) is 13.7. The standard InChI is InChI=1S/C9H13ClO5.C5H9ClO/c1-9(5-14-8(12)15-6-9)7(11)13-4-2-3-10;1-2-3-5(7)4-6/h2-6H2,1H3;2-4H2,1H3/i;4T. The Labute approximate surface area is 141 Å². The lowest BCUT2D eigenvalue weighted by atomic mass is 9.93. The first-order chi connectivity index (χ1) is 10.8. The predicted molar refractivity (Wildman–Crippen MR) is 82.3 cm³/mol. The number of Topliss-reactive ketones (excluding diaryl/α,β-unsaturated/α-hetero) is 1. The number of cyclic esters (lactones) is 2. The summed E-state index contributed by atoms with van der Waals surface area (Å²) in [5, 5.41) is 0. The summed E-state index contributed by atoms with van der Waals surface area (Å²) in [6.45, 7) is 3.77. The van der Waals surface area contributed by atoms with E-state index in [2.05, 4.69) is 9.47 Å². The molecule has 0 amide bonds. The van der Waals surface area contributed by atoms with Crippen LogP contribution >= 0.6 is 23.2 Å². The van der Waals surface area contributed by atoms with E-state index in [1.807, 2.05) is 6.92 Å². The lowest BCUT2D eigenvalue weighted by molar-refractivity contribution is -0.166. The molecule has 1 aliphatic rings. The Balaban J connectivity index is 0.000000515. The number of carbonyl (C=O) groups is 3. The molecule has 0 radical (unpaired) electrons. The van der Waals surface area contributed by atoms with E-state index in [1.54, 1.807) is 6.92 Å². The van der Waals surface area contributed by atoms with Crippen LogP contribution in [0.3, 0.4) is 0 Å². The summed E-state index contributed by atoms with van der Waals surface area (Å²) < 4.78 is 20.9. The van der Waals surface area contributed by atoms with Crippen LogP contribution in [-0.4, -0.2) is 49.5 Å². The molecule has 1 heterocycles. The summed E-state index contributed by atoms with van der Waals surface area (Å²) in [5.41, 5.74) is -0.903. The fourth-order valence-electron chi connectivity index (χ4n) is 1.33. The molecular formula is C14H22Cl2O6. The molecule has 0 N–H and O–H groups in total. The van der Waals surface area contributed by atoms with Gasteiger partial charge in [-0.3, -0.25) is 9.59 Å². The second kappa shape index (κ2) is 11.5. The fraction of sp³-hybridized carbons (Fsp3) is 0.786. The maximum Gasteiger partial charge on any atom is 0.508 e. The van der Waals surface area contributed by atoms with Gasteiger partial charge in [0, 0.05) is 12.3 Å². The Bertz CT molecular complexity index is 393. The van der Waals surface area contributed by atoms with E-state index in [0.29, 0.717) is 18.7 Å². The van der Waals surface area contributed by atoms with E-state index in [9.17, 15) is 14.4 Å². The van der Waals surface area contributed by atoms with Crippen LogP contribution in [0.15, 0.2) is 0 Å². The predicted octanol–water partition coefficient (Wildman–Crippen LogP) is 2.93. The van der Waals surface area contributed by atoms with Gasteiger partial charge in [-0.15, -0.1) is 23.2 Å². The molecule has 0 spiro atoms. The SMILES string of the molecule is CC1(C(=O)OCCCCl)COC(=O)OC1.[3H]C(Cl)C(=O)CCC. The molecule has 1 fully saturated rings. The number of ketones is 1. The molecule has 8 heteroatoms. The fourth-order valence-corrected chi connectivity index (χ4v) is 1.55. The molecular weight excluding hydrogens is 335 g/mol. The highest BCUT2D eigenvalue weighted by atomic mass is 35.5. The van der Waals surface area contributed by atoms with Gasteiger partial charge in [-0.05, 0) is 19.8 Å². The van der Waals surface area contributed by atoms with Gasteiger partial charge in [0.25, 0.3) is 0 Å². The van der Waals surface area contributed by atoms with E-state index in [1.165, 1.54) is 0 Å². The quantitative estimate of drug-likeness (QED) is 0.395. The molecule has 128 valence electrons. The van der Waals surface area contributed by atoms with Crippen LogP contribution in [0.4, 0.5) is 4.79 Å². The van der Waals surface area contributed by atoms with Crippen LogP contribution in [0.1, 0.15) is 34.5 Å². The van der Waals surface area contributed by atoms with Crippen molar-refractivity contribution in [2.45, 2.75) is 33.1 Å². The van der Waals surface area contributed by atoms with Crippen LogP contribution < -0.4 is 0 Å². The maximum atomic E-state index is 11.6. The third kappa shape index (κ3) is 8.44. The summed E-state index contributed by atoms with van der Waals surface area (Å²) in [6.07, 6.45) is 1.06. The molecule has 1 atom stereocenters.